The number of hydrogen-bond acceptors (Lipinski definition) is 7. The maximum Gasteiger partial charge on any atom is 0.150 e. The zero-order chi connectivity index (χ0) is 79.9. The van der Waals surface area contributed by atoms with Crippen LogP contribution in [0.25, 0.3) is 39.5 Å². The van der Waals surface area contributed by atoms with E-state index in [4.69, 9.17) is 0 Å². The Morgan fingerprint density at radius 3 is 0.364 bits per heavy atom. The van der Waals surface area contributed by atoms with Crippen molar-refractivity contribution in [2.24, 2.45) is 0 Å². The first-order valence-electron chi connectivity index (χ1n) is 39.7. The minimum Gasteiger partial charge on any atom is -0.311 e. The fourth-order valence-corrected chi connectivity index (χ4v) is 14.7. The third kappa shape index (κ3) is 18.3. The first-order chi connectivity index (χ1) is 58.5. The molecule has 0 saturated carbocycles. The first kappa shape index (κ1) is 76.2. The Balaban J connectivity index is 0.000000132. The predicted octanol–water partition coefficient (Wildman–Crippen LogP) is 31.3. The lowest BCUT2D eigenvalue weighted by Crippen LogP contribution is -2.10. The average molecular weight is 1520 g/mol. The molecule has 7 heteroatoms. The number of para-hydroxylation sites is 10. The van der Waals surface area contributed by atoms with Crippen molar-refractivity contribution < 1.29 is 4.79 Å². The number of carbonyl (C=O) groups excluding carboxylic acids is 1. The van der Waals surface area contributed by atoms with E-state index in [-0.39, 0.29) is 0 Å². The third-order valence-corrected chi connectivity index (χ3v) is 20.6. The van der Waals surface area contributed by atoms with Crippen LogP contribution in [0.4, 0.5) is 102 Å². The van der Waals surface area contributed by atoms with Crippen molar-refractivity contribution in [2.75, 3.05) is 29.4 Å². The van der Waals surface area contributed by atoms with Gasteiger partial charge in [0.1, 0.15) is 6.29 Å². The molecule has 0 amide bonds. The Hall–Kier alpha value is -15.8. The summed E-state index contributed by atoms with van der Waals surface area (Å²) >= 11 is 0. The molecule has 0 spiro atoms. The topological polar surface area (TPSA) is 36.5 Å². The molecule has 0 bridgehead atoms. The second kappa shape index (κ2) is 37.7. The Morgan fingerprint density at radius 2 is 0.246 bits per heavy atom. The molecule has 566 valence electrons. The molecule has 0 atom stereocenters. The SMILES string of the molecule is C=Cc1ccc(N(c2ccccc2)c2ccc(-c3ccc(N(c4ccccc4)c4ccccc4)cc3)cc2)cc1.O=Cc1ccc(N(c2ccccc2)c2ccc(-c3ccc(N(c4ccccc4)c4ccccc4)cc3)cc2)cc1.c1ccc(N(c2ccccc2)c2ccc(-c3ccc(N(c4ccccc4)c4ccccc4)cc3)cc2)cc1. The fraction of sp³-hybridized carbons (Fsp3) is 0. The monoisotopic (exact) mass is 1520 g/mol. The van der Waals surface area contributed by atoms with Gasteiger partial charge in [0.05, 0.1) is 0 Å². The highest BCUT2D eigenvalue weighted by Gasteiger charge is 2.20. The van der Waals surface area contributed by atoms with Gasteiger partial charge >= 0.3 is 0 Å². The van der Waals surface area contributed by atoms with Crippen LogP contribution in [0.15, 0.2) is 504 Å². The number of nitrogens with zero attached hydrogens (tertiary/aromatic N) is 6. The molecule has 7 nitrogen and oxygen atoms in total. The second-order valence-corrected chi connectivity index (χ2v) is 28.2. The Labute approximate surface area is 693 Å². The molecule has 0 aromatic heterocycles. The van der Waals surface area contributed by atoms with Crippen LogP contribution in [0.3, 0.4) is 0 Å². The molecule has 0 radical (unpaired) electrons. The molecule has 0 unspecified atom stereocenters. The summed E-state index contributed by atoms with van der Waals surface area (Å²) in [5.41, 5.74) is 28.8. The van der Waals surface area contributed by atoms with Crippen LogP contribution >= 0.6 is 0 Å². The molecule has 0 fully saturated rings. The Kier molecular flexibility index (Phi) is 24.3. The molecule has 18 aromatic rings. The number of carbonyl (C=O) groups is 1. The highest BCUT2D eigenvalue weighted by Crippen LogP contribution is 2.43. The van der Waals surface area contributed by atoms with E-state index >= 15 is 0 Å². The number of hydrogen-bond donors (Lipinski definition) is 0. The third-order valence-electron chi connectivity index (χ3n) is 20.6. The van der Waals surface area contributed by atoms with Crippen molar-refractivity contribution in [2.45, 2.75) is 0 Å². The summed E-state index contributed by atoms with van der Waals surface area (Å²) in [5.74, 6) is 0. The van der Waals surface area contributed by atoms with Gasteiger partial charge in [-0.25, -0.2) is 0 Å². The molecule has 0 heterocycles. The van der Waals surface area contributed by atoms with Crippen molar-refractivity contribution in [3.63, 3.8) is 0 Å². The minimum absolute atomic E-state index is 0.661. The number of benzene rings is 18. The zero-order valence-corrected chi connectivity index (χ0v) is 65.3. The van der Waals surface area contributed by atoms with Crippen LogP contribution in [-0.4, -0.2) is 6.29 Å². The Bertz CT molecular complexity index is 5570. The van der Waals surface area contributed by atoms with Gasteiger partial charge in [0.2, 0.25) is 0 Å². The summed E-state index contributed by atoms with van der Waals surface area (Å²) in [6, 6.07) is 173. The van der Waals surface area contributed by atoms with Gasteiger partial charge in [0, 0.05) is 108 Å². The van der Waals surface area contributed by atoms with Gasteiger partial charge < -0.3 is 29.4 Å². The minimum atomic E-state index is 0.661. The van der Waals surface area contributed by atoms with Crippen LogP contribution in [0.1, 0.15) is 15.9 Å². The van der Waals surface area contributed by atoms with E-state index in [9.17, 15) is 4.79 Å². The molecule has 18 aromatic carbocycles. The molecule has 0 saturated heterocycles. The largest absolute Gasteiger partial charge is 0.311 e. The predicted molar refractivity (Wildman–Crippen MR) is 499 cm³/mol. The molecule has 18 rings (SSSR count). The summed E-state index contributed by atoms with van der Waals surface area (Å²) in [5, 5.41) is 0. The van der Waals surface area contributed by atoms with Gasteiger partial charge in [0.15, 0.2) is 0 Å². The lowest BCUT2D eigenvalue weighted by atomic mass is 10.0. The maximum atomic E-state index is 11.2. The summed E-state index contributed by atoms with van der Waals surface area (Å²) in [7, 11) is 0. The highest BCUT2D eigenvalue weighted by atomic mass is 16.1. The average Bonchev–Trinajstić information content (AvgIpc) is 0.809. The van der Waals surface area contributed by atoms with Crippen LogP contribution in [-0.2, 0) is 0 Å². The van der Waals surface area contributed by atoms with Crippen LogP contribution < -0.4 is 29.4 Å². The van der Waals surface area contributed by atoms with Crippen molar-refractivity contribution in [3.05, 3.63) is 515 Å². The van der Waals surface area contributed by atoms with Gasteiger partial charge in [-0.1, -0.05) is 280 Å². The molecule has 0 aliphatic rings. The van der Waals surface area contributed by atoms with Gasteiger partial charge in [-0.05, 0) is 269 Å². The van der Waals surface area contributed by atoms with Gasteiger partial charge in [-0.3, -0.25) is 4.79 Å². The molecule has 0 aliphatic heterocycles. The maximum absolute atomic E-state index is 11.2. The van der Waals surface area contributed by atoms with Crippen LogP contribution in [0.5, 0.6) is 0 Å². The van der Waals surface area contributed by atoms with E-state index in [0.29, 0.717) is 5.56 Å². The van der Waals surface area contributed by atoms with Crippen molar-refractivity contribution >= 4 is 115 Å². The van der Waals surface area contributed by atoms with E-state index < -0.39 is 0 Å². The second-order valence-electron chi connectivity index (χ2n) is 28.2. The molecular weight excluding hydrogens is 1430 g/mol. The normalized spacial score (nSPS) is 10.6. The lowest BCUT2D eigenvalue weighted by molar-refractivity contribution is 0.112. The molecule has 118 heavy (non-hydrogen) atoms. The van der Waals surface area contributed by atoms with Crippen molar-refractivity contribution in [1.29, 1.82) is 0 Å². The first-order valence-corrected chi connectivity index (χ1v) is 39.7. The van der Waals surface area contributed by atoms with Crippen LogP contribution in [0, 0.1) is 0 Å². The van der Waals surface area contributed by atoms with Gasteiger partial charge in [0.25, 0.3) is 0 Å². The van der Waals surface area contributed by atoms with Crippen molar-refractivity contribution in [3.8, 4) is 33.4 Å². The van der Waals surface area contributed by atoms with Crippen LogP contribution in [0.2, 0.25) is 0 Å². The number of anilines is 18. The molecular formula is C111H86N6O. The van der Waals surface area contributed by atoms with E-state index in [0.717, 1.165) is 125 Å². The summed E-state index contributed by atoms with van der Waals surface area (Å²) in [6.45, 7) is 3.89. The van der Waals surface area contributed by atoms with E-state index in [1.165, 1.54) is 22.3 Å². The smallest absolute Gasteiger partial charge is 0.150 e. The van der Waals surface area contributed by atoms with E-state index in [1.807, 2.05) is 66.7 Å². The zero-order valence-electron chi connectivity index (χ0n) is 65.3. The quantitative estimate of drug-likeness (QED) is 0.0591. The highest BCUT2D eigenvalue weighted by molar-refractivity contribution is 5.87. The summed E-state index contributed by atoms with van der Waals surface area (Å²) < 4.78 is 0. The number of rotatable bonds is 23. The number of aldehydes is 1. The molecule has 0 aliphatic carbocycles. The van der Waals surface area contributed by atoms with E-state index in [2.05, 4.69) is 473 Å². The summed E-state index contributed by atoms with van der Waals surface area (Å²) in [6.07, 6.45) is 2.74. The lowest BCUT2D eigenvalue weighted by Gasteiger charge is -2.26. The molecule has 0 N–H and O–H groups in total. The van der Waals surface area contributed by atoms with Crippen molar-refractivity contribution in [1.82, 2.24) is 0 Å². The van der Waals surface area contributed by atoms with E-state index in [1.54, 1.807) is 0 Å². The summed E-state index contributed by atoms with van der Waals surface area (Å²) in [4.78, 5) is 24.8. The van der Waals surface area contributed by atoms with Gasteiger partial charge in [-0.15, -0.1) is 0 Å². The Morgan fingerprint density at radius 1 is 0.136 bits per heavy atom. The van der Waals surface area contributed by atoms with Gasteiger partial charge in [-0.2, -0.15) is 0 Å². The standard InChI is InChI=1S/C38H30N2.C37H28N2O.C36H28N2/c1-2-30-18-24-36(25-19-30)40(35-16-10-5-11-17-35)38-28-22-32(23-29-38)31-20-26-37(27-21-31)39(33-12-6-3-7-13-33)34-14-8-4-9-15-34;40-28-29-16-22-35(23-17-29)39(34-14-8-3-9-15-34)37-26-20-31(21-27-37)30-18-24-36(25-19-30)38(32-10-4-1-5-11-32)33-12-6-2-7-13-33;1-5-13-31(14-6-1)37(32-15-7-2-8-16-32)35-25-21-29(22-26-35)30-23-27-36(28-24-30)38(33-17-9-3-10-18-33)34-19-11-4-12-20-34/h2-29H,1H2;1-28H;1-28H. The fourth-order valence-electron chi connectivity index (χ4n) is 14.7.